The Morgan fingerprint density at radius 2 is 2.00 bits per heavy atom. The van der Waals surface area contributed by atoms with Crippen LogP contribution in [0.5, 0.6) is 5.75 Å². The molecule has 2 aromatic heterocycles. The Morgan fingerprint density at radius 1 is 1.19 bits per heavy atom. The number of aromatic nitrogens is 4. The van der Waals surface area contributed by atoms with Crippen molar-refractivity contribution in [3.05, 3.63) is 55.0 Å². The first kappa shape index (κ1) is 20.1. The van der Waals surface area contributed by atoms with Crippen LogP contribution in [0.1, 0.15) is 19.4 Å². The van der Waals surface area contributed by atoms with Gasteiger partial charge in [-0.3, -0.25) is 9.48 Å². The van der Waals surface area contributed by atoms with Crippen molar-refractivity contribution in [1.29, 1.82) is 0 Å². The number of hydrogen-bond donors (Lipinski definition) is 1. The number of nitrogens with zero attached hydrogens (tertiary/aromatic N) is 4. The van der Waals surface area contributed by atoms with Gasteiger partial charge in [0, 0.05) is 35.2 Å². The number of rotatable bonds is 6. The highest BCUT2D eigenvalue weighted by Crippen LogP contribution is 2.38. The van der Waals surface area contributed by atoms with Gasteiger partial charge in [-0.1, -0.05) is 37.3 Å². The van der Waals surface area contributed by atoms with Crippen molar-refractivity contribution in [2.24, 2.45) is 0 Å². The van der Waals surface area contributed by atoms with Gasteiger partial charge in [0.05, 0.1) is 43.3 Å². The predicted molar refractivity (Wildman–Crippen MR) is 122 cm³/mol. The zero-order valence-corrected chi connectivity index (χ0v) is 17.9. The summed E-state index contributed by atoms with van der Waals surface area (Å²) >= 11 is 0. The number of hydrogen-bond acceptors (Lipinski definition) is 6. The van der Waals surface area contributed by atoms with Crippen LogP contribution >= 0.6 is 0 Å². The fraction of sp³-hybridized carbons (Fsp3) is 0.250. The highest BCUT2D eigenvalue weighted by molar-refractivity contribution is 6.01. The summed E-state index contributed by atoms with van der Waals surface area (Å²) in [5.41, 5.74) is 4.79. The Morgan fingerprint density at radius 3 is 2.69 bits per heavy atom. The quantitative estimate of drug-likeness (QED) is 0.496. The van der Waals surface area contributed by atoms with Crippen LogP contribution in [0.3, 0.4) is 0 Å². The number of carbonyl (C=O) groups is 1. The summed E-state index contributed by atoms with van der Waals surface area (Å²) in [6.45, 7) is 3.09. The van der Waals surface area contributed by atoms with E-state index < -0.39 is 0 Å². The van der Waals surface area contributed by atoms with Crippen LogP contribution in [0.25, 0.3) is 33.4 Å². The summed E-state index contributed by atoms with van der Waals surface area (Å²) in [5.74, 6) is 0.457. The molecule has 1 N–H and O–H groups in total. The molecule has 1 aliphatic heterocycles. The minimum absolute atomic E-state index is 0.0937. The van der Waals surface area contributed by atoms with Crippen molar-refractivity contribution in [2.75, 3.05) is 25.6 Å². The van der Waals surface area contributed by atoms with Crippen LogP contribution in [-0.2, 0) is 9.53 Å². The molecule has 8 nitrogen and oxygen atoms in total. The summed E-state index contributed by atoms with van der Waals surface area (Å²) in [7, 11) is 1.57. The van der Waals surface area contributed by atoms with Gasteiger partial charge in [-0.05, 0) is 6.07 Å². The summed E-state index contributed by atoms with van der Waals surface area (Å²) in [4.78, 5) is 21.1. The number of anilines is 1. The largest absolute Gasteiger partial charge is 0.494 e. The molecule has 4 aromatic rings. The predicted octanol–water partition coefficient (Wildman–Crippen LogP) is 4.09. The molecule has 1 fully saturated rings. The van der Waals surface area contributed by atoms with Gasteiger partial charge in [-0.15, -0.1) is 0 Å². The van der Waals surface area contributed by atoms with Gasteiger partial charge in [0.1, 0.15) is 17.8 Å². The molecule has 0 unspecified atom stereocenters. The number of methoxy groups -OCH3 is 1. The maximum Gasteiger partial charge on any atom is 0.224 e. The highest BCUT2D eigenvalue weighted by atomic mass is 16.5. The van der Waals surface area contributed by atoms with Crippen molar-refractivity contribution < 1.29 is 14.3 Å². The van der Waals surface area contributed by atoms with Gasteiger partial charge in [-0.25, -0.2) is 9.97 Å². The van der Waals surface area contributed by atoms with Crippen LogP contribution in [0, 0.1) is 0 Å². The van der Waals surface area contributed by atoms with E-state index in [1.165, 1.54) is 0 Å². The van der Waals surface area contributed by atoms with Crippen molar-refractivity contribution in [3.63, 3.8) is 0 Å². The van der Waals surface area contributed by atoms with Gasteiger partial charge < -0.3 is 14.8 Å². The molecule has 8 heteroatoms. The van der Waals surface area contributed by atoms with Crippen molar-refractivity contribution in [3.8, 4) is 28.3 Å². The Hall–Kier alpha value is -3.78. The van der Waals surface area contributed by atoms with Crippen molar-refractivity contribution in [2.45, 2.75) is 19.4 Å². The third-order valence-corrected chi connectivity index (χ3v) is 5.58. The third-order valence-electron chi connectivity index (χ3n) is 5.58. The topological polar surface area (TPSA) is 91.2 Å². The molecule has 1 amide bonds. The Labute approximate surface area is 185 Å². The number of ether oxygens (including phenoxy) is 2. The number of fused-ring (bicyclic) bond motifs is 1. The lowest BCUT2D eigenvalue weighted by Gasteiger charge is -2.26. The molecule has 0 bridgehead atoms. The number of carbonyl (C=O) groups excluding carboxylic acids is 1. The second-order valence-electron chi connectivity index (χ2n) is 7.62. The molecule has 5 rings (SSSR count). The molecule has 0 aliphatic carbocycles. The molecule has 162 valence electrons. The molecule has 3 heterocycles. The van der Waals surface area contributed by atoms with E-state index in [0.717, 1.165) is 33.4 Å². The van der Waals surface area contributed by atoms with Crippen LogP contribution in [0.4, 0.5) is 5.69 Å². The standard InChI is InChI=1S/C24H23N5O3/c1-3-22(30)27-20-9-17-19(10-21(20)31-2)25-14-26-24(17)18-11-29(16-12-32-13-16)28-23(18)15-7-5-4-6-8-15/h4-11,14,16H,3,12-13H2,1-2H3,(H,27,30). The van der Waals surface area contributed by atoms with Gasteiger partial charge in [0.15, 0.2) is 0 Å². The number of amides is 1. The van der Waals surface area contributed by atoms with E-state index in [9.17, 15) is 4.79 Å². The molecule has 0 saturated carbocycles. The van der Waals surface area contributed by atoms with Gasteiger partial charge in [0.2, 0.25) is 5.91 Å². The van der Waals surface area contributed by atoms with Crippen LogP contribution in [0.15, 0.2) is 55.0 Å². The smallest absolute Gasteiger partial charge is 0.224 e. The van der Waals surface area contributed by atoms with E-state index >= 15 is 0 Å². The molecule has 2 aromatic carbocycles. The summed E-state index contributed by atoms with van der Waals surface area (Å²) in [5, 5.41) is 8.61. The maximum atomic E-state index is 12.1. The Balaban J connectivity index is 1.71. The minimum atomic E-state index is -0.0937. The van der Waals surface area contributed by atoms with E-state index in [2.05, 4.69) is 15.3 Å². The molecule has 1 saturated heterocycles. The SMILES string of the molecule is CCC(=O)Nc1cc2c(-c3cn(C4COC4)nc3-c3ccccc3)ncnc2cc1OC. The second kappa shape index (κ2) is 8.39. The van der Waals surface area contributed by atoms with E-state index in [1.54, 1.807) is 13.4 Å². The number of nitrogens with one attached hydrogen (secondary N) is 1. The summed E-state index contributed by atoms with van der Waals surface area (Å²) in [6.07, 6.45) is 3.93. The summed E-state index contributed by atoms with van der Waals surface area (Å²) < 4.78 is 12.8. The van der Waals surface area contributed by atoms with E-state index in [4.69, 9.17) is 14.6 Å². The molecule has 0 atom stereocenters. The lowest BCUT2D eigenvalue weighted by Crippen LogP contribution is -2.30. The zero-order chi connectivity index (χ0) is 22.1. The third kappa shape index (κ3) is 3.58. The lowest BCUT2D eigenvalue weighted by molar-refractivity contribution is -0.115. The molecule has 32 heavy (non-hydrogen) atoms. The average molecular weight is 429 g/mol. The molecule has 0 spiro atoms. The maximum absolute atomic E-state index is 12.1. The lowest BCUT2D eigenvalue weighted by atomic mass is 10.0. The van der Waals surface area contributed by atoms with Crippen LogP contribution < -0.4 is 10.1 Å². The molecule has 0 radical (unpaired) electrons. The van der Waals surface area contributed by atoms with Crippen LogP contribution in [-0.4, -0.2) is 46.0 Å². The van der Waals surface area contributed by atoms with Crippen molar-refractivity contribution >= 4 is 22.5 Å². The van der Waals surface area contributed by atoms with Gasteiger partial charge >= 0.3 is 0 Å². The second-order valence-corrected chi connectivity index (χ2v) is 7.62. The summed E-state index contributed by atoms with van der Waals surface area (Å²) in [6, 6.07) is 13.9. The Bertz CT molecular complexity index is 1280. The van der Waals surface area contributed by atoms with Crippen molar-refractivity contribution in [1.82, 2.24) is 19.7 Å². The molecule has 1 aliphatic rings. The fourth-order valence-electron chi connectivity index (χ4n) is 3.74. The minimum Gasteiger partial charge on any atom is -0.494 e. The normalized spacial score (nSPS) is 13.7. The van der Waals surface area contributed by atoms with Gasteiger partial charge in [0.25, 0.3) is 0 Å². The van der Waals surface area contributed by atoms with Gasteiger partial charge in [-0.2, -0.15) is 5.10 Å². The first-order valence-electron chi connectivity index (χ1n) is 10.5. The Kier molecular flexibility index (Phi) is 5.28. The highest BCUT2D eigenvalue weighted by Gasteiger charge is 2.25. The first-order chi connectivity index (χ1) is 15.7. The van der Waals surface area contributed by atoms with E-state index in [-0.39, 0.29) is 11.9 Å². The molecular weight excluding hydrogens is 406 g/mol. The first-order valence-corrected chi connectivity index (χ1v) is 10.5. The average Bonchev–Trinajstić information content (AvgIpc) is 3.22. The van der Waals surface area contributed by atoms with E-state index in [0.29, 0.717) is 31.1 Å². The van der Waals surface area contributed by atoms with Crippen LogP contribution in [0.2, 0.25) is 0 Å². The van der Waals surface area contributed by atoms with E-state index in [1.807, 2.05) is 60.3 Å². The monoisotopic (exact) mass is 429 g/mol. The zero-order valence-electron chi connectivity index (χ0n) is 17.9. The molecular formula is C24H23N5O3. The number of benzene rings is 2. The fourth-order valence-corrected chi connectivity index (χ4v) is 3.74.